The zero-order chi connectivity index (χ0) is 66.0. The number of allylic oxidation sites excluding steroid dienone is 1. The molecular formula is C78H105N9O2S. The average Bonchev–Trinajstić information content (AvgIpc) is 4.30. The average molecular weight is 1230 g/mol. The van der Waals surface area contributed by atoms with E-state index in [4.69, 9.17) is 18.8 Å². The van der Waals surface area contributed by atoms with Crippen LogP contribution in [0.2, 0.25) is 0 Å². The molecule has 0 aromatic carbocycles. The van der Waals surface area contributed by atoms with Gasteiger partial charge in [0, 0.05) is 68.1 Å². The Bertz CT molecular complexity index is 3590. The number of thiophene rings is 1. The number of nitrogens with one attached hydrogen (secondary N) is 2. The third-order valence-corrected chi connectivity index (χ3v) is 17.4. The third kappa shape index (κ3) is 17.2. The Morgan fingerprint density at radius 3 is 1.47 bits per heavy atom. The van der Waals surface area contributed by atoms with Gasteiger partial charge in [-0.05, 0) is 177 Å². The molecule has 0 spiro atoms. The van der Waals surface area contributed by atoms with Crippen LogP contribution < -0.4 is 0 Å². The smallest absolute Gasteiger partial charge is 0.226 e. The van der Waals surface area contributed by atoms with Crippen molar-refractivity contribution in [3.8, 4) is 0 Å². The van der Waals surface area contributed by atoms with E-state index >= 15 is 0 Å². The molecule has 2 N–H and O–H groups in total. The highest BCUT2D eigenvalue weighted by Crippen LogP contribution is 2.35. The van der Waals surface area contributed by atoms with Gasteiger partial charge in [-0.3, -0.25) is 4.98 Å². The van der Waals surface area contributed by atoms with E-state index in [1.807, 2.05) is 18.3 Å². The molecular weight excluding hydrogens is 1130 g/mol. The number of hydrogen-bond donors (Lipinski definition) is 2. The predicted molar refractivity (Wildman–Crippen MR) is 384 cm³/mol. The summed E-state index contributed by atoms with van der Waals surface area (Å²) < 4.78 is 10.9. The van der Waals surface area contributed by atoms with Gasteiger partial charge in [0.15, 0.2) is 11.2 Å². The first-order chi connectivity index (χ1) is 42.6. The van der Waals surface area contributed by atoms with Crippen molar-refractivity contribution in [3.63, 3.8) is 0 Å². The van der Waals surface area contributed by atoms with Gasteiger partial charge in [-0.2, -0.15) is 0 Å². The van der Waals surface area contributed by atoms with Crippen LogP contribution in [-0.2, 0) is 6.42 Å². The lowest BCUT2D eigenvalue weighted by molar-refractivity contribution is 0.598. The lowest BCUT2D eigenvalue weighted by Crippen LogP contribution is -2.03. The number of aromatic nitrogens is 9. The lowest BCUT2D eigenvalue weighted by Gasteiger charge is -2.15. The van der Waals surface area contributed by atoms with Gasteiger partial charge in [0.25, 0.3) is 0 Å². The largest absolute Gasteiger partial charge is 0.462 e. The molecule has 11 heterocycles. The van der Waals surface area contributed by atoms with Gasteiger partial charge in [-0.1, -0.05) is 172 Å². The minimum Gasteiger partial charge on any atom is -0.462 e. The Hall–Kier alpha value is -7.31. The number of H-pyrrole nitrogens is 2. The van der Waals surface area contributed by atoms with Crippen molar-refractivity contribution in [2.45, 2.75) is 244 Å². The second-order valence-electron chi connectivity index (χ2n) is 27.9. The van der Waals surface area contributed by atoms with Crippen LogP contribution in [0, 0.1) is 0 Å². The molecule has 12 rings (SSSR count). The minimum absolute atomic E-state index is 0.442. The van der Waals surface area contributed by atoms with Crippen LogP contribution in [0.3, 0.4) is 0 Å². The normalized spacial score (nSPS) is 12.2. The van der Waals surface area contributed by atoms with Crippen LogP contribution in [0.4, 0.5) is 0 Å². The first-order valence-corrected chi connectivity index (χ1v) is 34.1. The van der Waals surface area contributed by atoms with Crippen molar-refractivity contribution in [3.05, 3.63) is 176 Å². The summed E-state index contributed by atoms with van der Waals surface area (Å²) >= 11 is 1.74. The van der Waals surface area contributed by atoms with Gasteiger partial charge in [0.05, 0.1) is 30.1 Å². The predicted octanol–water partition coefficient (Wildman–Crippen LogP) is 23.6. The summed E-state index contributed by atoms with van der Waals surface area (Å²) in [5, 5.41) is 5.87. The number of furan rings is 2. The van der Waals surface area contributed by atoms with E-state index < -0.39 is 0 Å². The summed E-state index contributed by atoms with van der Waals surface area (Å²) in [4.78, 5) is 39.4. The Morgan fingerprint density at radius 1 is 0.411 bits per heavy atom. The zero-order valence-corrected chi connectivity index (χ0v) is 59.6. The van der Waals surface area contributed by atoms with Gasteiger partial charge in [-0.15, -0.1) is 11.3 Å². The number of rotatable bonds is 12. The second-order valence-corrected chi connectivity index (χ2v) is 28.8. The molecule has 0 radical (unpaired) electrons. The van der Waals surface area contributed by atoms with Crippen LogP contribution in [0.15, 0.2) is 106 Å². The maximum atomic E-state index is 5.48. The van der Waals surface area contributed by atoms with E-state index in [2.05, 4.69) is 267 Å². The minimum atomic E-state index is 0.442. The first kappa shape index (κ1) is 70.2. The van der Waals surface area contributed by atoms with Gasteiger partial charge in [-0.25, -0.2) is 29.9 Å². The standard InChI is InChI=1S/C14H19N.C13H18N2.2C13H17NO.C13H17NS.C12H17N3/c1-9(2)12-8-14(10(3)4)15-13-7-5-6-11(12)13;1-8(2)11-7-12(9(3)4)15-13-10(11)5-6-14-13;1-8(2)10-7-12(9(3)4)14-11-5-6-15-13(10)11;2*1-8(2)11-7-12(9(3)4)14-13-10(11)5-6-15-13;1-7(2)9-5-10(8(3)4)15-12-11(9)13-6-14-12/h5,7-10H,6H2,1-4H3;5-9H,1-4H3,(H,14,15);3*5-9H,1-4H3;5-8H,1-4H3,(H,13,14,15). The van der Waals surface area contributed by atoms with Gasteiger partial charge < -0.3 is 18.8 Å². The zero-order valence-electron chi connectivity index (χ0n) is 58.8. The molecule has 0 aliphatic heterocycles. The second kappa shape index (κ2) is 31.1. The Labute approximate surface area is 542 Å². The van der Waals surface area contributed by atoms with Crippen molar-refractivity contribution in [2.75, 3.05) is 0 Å². The molecule has 480 valence electrons. The molecule has 0 amide bonds. The van der Waals surface area contributed by atoms with E-state index in [9.17, 15) is 0 Å². The first-order valence-electron chi connectivity index (χ1n) is 33.2. The number of fused-ring (bicyclic) bond motifs is 6. The highest BCUT2D eigenvalue weighted by atomic mass is 32.1. The van der Waals surface area contributed by atoms with Crippen molar-refractivity contribution in [1.29, 1.82) is 0 Å². The summed E-state index contributed by atoms with van der Waals surface area (Å²) in [6.07, 6.45) is 12.6. The number of nitrogens with zero attached hydrogens (tertiary/aromatic N) is 7. The van der Waals surface area contributed by atoms with Crippen molar-refractivity contribution in [2.24, 2.45) is 0 Å². The van der Waals surface area contributed by atoms with Crippen molar-refractivity contribution < 1.29 is 8.83 Å². The highest BCUT2D eigenvalue weighted by molar-refractivity contribution is 7.16. The van der Waals surface area contributed by atoms with Gasteiger partial charge >= 0.3 is 0 Å². The third-order valence-electron chi connectivity index (χ3n) is 16.6. The fraction of sp³-hybridized carbons (Fsp3) is 0.474. The monoisotopic (exact) mass is 1230 g/mol. The fourth-order valence-electron chi connectivity index (χ4n) is 10.9. The molecule has 90 heavy (non-hydrogen) atoms. The quantitative estimate of drug-likeness (QED) is 0.122. The number of aromatic amines is 2. The summed E-state index contributed by atoms with van der Waals surface area (Å²) in [6.45, 7) is 52.8. The molecule has 0 saturated carbocycles. The van der Waals surface area contributed by atoms with E-state index in [1.54, 1.807) is 30.2 Å². The lowest BCUT2D eigenvalue weighted by atomic mass is 9.94. The van der Waals surface area contributed by atoms with Gasteiger partial charge in [0.2, 0.25) is 5.71 Å². The summed E-state index contributed by atoms with van der Waals surface area (Å²) in [5.74, 6) is 6.04. The summed E-state index contributed by atoms with van der Waals surface area (Å²) in [6, 6.07) is 21.6. The van der Waals surface area contributed by atoms with Crippen LogP contribution in [-0.4, -0.2) is 44.9 Å². The molecule has 0 saturated heterocycles. The van der Waals surface area contributed by atoms with Crippen molar-refractivity contribution >= 4 is 72.0 Å². The molecule has 1 aliphatic carbocycles. The van der Waals surface area contributed by atoms with Gasteiger partial charge in [0.1, 0.15) is 16.0 Å². The SMILES string of the molecule is CC(C)c1cc(C(C)C)c2[nH]cnc2n1.CC(C)c1cc(C(C)C)c2c(n1)C=CC2.CC(C)c1cc(C(C)C)c2cc[nH]c2n1.CC(C)c1cc(C(C)C)c2ccoc2n1.CC(C)c1cc(C(C)C)c2ccsc2n1.CC(C)c1cc(C(C)C)c2occc2n1. The van der Waals surface area contributed by atoms with E-state index in [0.717, 1.165) is 62.5 Å². The van der Waals surface area contributed by atoms with E-state index in [1.165, 1.54) is 77.3 Å². The Balaban J connectivity index is 0.000000154. The molecule has 0 unspecified atom stereocenters. The molecule has 12 heteroatoms. The molecule has 11 aromatic rings. The number of hydrogen-bond acceptors (Lipinski definition) is 10. The van der Waals surface area contributed by atoms with Crippen LogP contribution in [0.5, 0.6) is 0 Å². The number of imidazole rings is 1. The molecule has 11 nitrogen and oxygen atoms in total. The van der Waals surface area contributed by atoms with Crippen LogP contribution in [0.1, 0.15) is 316 Å². The van der Waals surface area contributed by atoms with E-state index in [0.29, 0.717) is 71.0 Å². The summed E-state index contributed by atoms with van der Waals surface area (Å²) in [7, 11) is 0. The molecule has 11 aromatic heterocycles. The maximum Gasteiger partial charge on any atom is 0.226 e. The topological polar surface area (TPSA) is 148 Å². The summed E-state index contributed by atoms with van der Waals surface area (Å²) in [5.41, 5.74) is 23.5. The maximum absolute atomic E-state index is 5.48. The highest BCUT2D eigenvalue weighted by Gasteiger charge is 2.19. The Kier molecular flexibility index (Phi) is 24.3. The van der Waals surface area contributed by atoms with Crippen LogP contribution >= 0.6 is 11.3 Å². The fourth-order valence-corrected chi connectivity index (χ4v) is 11.7. The molecule has 1 aliphatic rings. The van der Waals surface area contributed by atoms with Crippen molar-refractivity contribution in [1.82, 2.24) is 44.9 Å². The van der Waals surface area contributed by atoms with E-state index in [-0.39, 0.29) is 0 Å². The number of pyridine rings is 6. The molecule has 0 atom stereocenters. The molecule has 0 bridgehead atoms. The molecule has 0 fully saturated rings. The van der Waals surface area contributed by atoms with Crippen LogP contribution in [0.25, 0.3) is 60.7 Å². The Morgan fingerprint density at radius 2 is 0.889 bits per heavy atom.